The zero-order valence-electron chi connectivity index (χ0n) is 14.6. The molecular formula is C19H28O5. The van der Waals surface area contributed by atoms with Gasteiger partial charge in [-0.05, 0) is 38.2 Å². The lowest BCUT2D eigenvalue weighted by atomic mass is 9.95. The van der Waals surface area contributed by atoms with E-state index in [1.54, 1.807) is 0 Å². The molecule has 1 saturated heterocycles. The van der Waals surface area contributed by atoms with Gasteiger partial charge < -0.3 is 14.6 Å². The third-order valence-corrected chi connectivity index (χ3v) is 3.63. The number of ether oxygens (including phenoxy) is 2. The van der Waals surface area contributed by atoms with Crippen LogP contribution in [-0.2, 0) is 25.5 Å². The Labute approximate surface area is 144 Å². The maximum absolute atomic E-state index is 11.4. The first-order valence-electron chi connectivity index (χ1n) is 8.42. The normalized spacial score (nSPS) is 21.4. The summed E-state index contributed by atoms with van der Waals surface area (Å²) < 4.78 is 10.9. The maximum atomic E-state index is 11.4. The van der Waals surface area contributed by atoms with Crippen molar-refractivity contribution in [3.05, 3.63) is 35.9 Å². The molecule has 1 aliphatic rings. The van der Waals surface area contributed by atoms with Crippen LogP contribution < -0.4 is 0 Å². The minimum atomic E-state index is -0.150. The first-order chi connectivity index (χ1) is 11.5. The van der Waals surface area contributed by atoms with Gasteiger partial charge in [0, 0.05) is 19.6 Å². The molecule has 2 atom stereocenters. The van der Waals surface area contributed by atoms with E-state index >= 15 is 0 Å². The highest BCUT2D eigenvalue weighted by molar-refractivity contribution is 5.75. The smallest absolute Gasteiger partial charge is 0.308 e. The summed E-state index contributed by atoms with van der Waals surface area (Å²) in [5.41, 5.74) is 1.31. The van der Waals surface area contributed by atoms with Crippen molar-refractivity contribution in [1.29, 1.82) is 0 Å². The summed E-state index contributed by atoms with van der Waals surface area (Å²) in [4.78, 5) is 21.2. The summed E-state index contributed by atoms with van der Waals surface area (Å²) in [7, 11) is 0. The molecule has 0 aromatic heterocycles. The fourth-order valence-corrected chi connectivity index (χ4v) is 2.52. The Balaban J connectivity index is 0.000000413. The van der Waals surface area contributed by atoms with Crippen molar-refractivity contribution in [3.63, 3.8) is 0 Å². The van der Waals surface area contributed by atoms with Crippen LogP contribution in [-0.4, -0.2) is 42.8 Å². The second-order valence-corrected chi connectivity index (χ2v) is 6.09. The third kappa shape index (κ3) is 9.43. The summed E-state index contributed by atoms with van der Waals surface area (Å²) in [6.07, 6.45) is 2.47. The predicted molar refractivity (Wildman–Crippen MR) is 91.6 cm³/mol. The largest absolute Gasteiger partial charge is 0.463 e. The zero-order valence-corrected chi connectivity index (χ0v) is 14.6. The molecule has 1 aliphatic heterocycles. The average molecular weight is 336 g/mol. The van der Waals surface area contributed by atoms with Gasteiger partial charge >= 0.3 is 5.97 Å². The van der Waals surface area contributed by atoms with Crippen LogP contribution in [0.1, 0.15) is 38.7 Å². The van der Waals surface area contributed by atoms with Gasteiger partial charge in [-0.1, -0.05) is 30.3 Å². The van der Waals surface area contributed by atoms with Crippen molar-refractivity contribution >= 4 is 11.8 Å². The first-order valence-corrected chi connectivity index (χ1v) is 8.42. The summed E-state index contributed by atoms with van der Waals surface area (Å²) in [5.74, 6) is 0.300. The number of benzene rings is 1. The highest BCUT2D eigenvalue weighted by Crippen LogP contribution is 2.18. The number of carbonyl (C=O) groups is 2. The van der Waals surface area contributed by atoms with Crippen LogP contribution in [0.4, 0.5) is 0 Å². The number of aliphatic hydroxyl groups is 1. The molecule has 1 fully saturated rings. The van der Waals surface area contributed by atoms with E-state index in [1.165, 1.54) is 12.5 Å². The van der Waals surface area contributed by atoms with Crippen LogP contribution in [0.2, 0.25) is 0 Å². The molecule has 134 valence electrons. The highest BCUT2D eigenvalue weighted by atomic mass is 16.5. The average Bonchev–Trinajstić information content (AvgIpc) is 2.59. The topological polar surface area (TPSA) is 72.8 Å². The van der Waals surface area contributed by atoms with Gasteiger partial charge in [0.25, 0.3) is 0 Å². The molecular weight excluding hydrogens is 308 g/mol. The van der Waals surface area contributed by atoms with E-state index in [4.69, 9.17) is 14.6 Å². The van der Waals surface area contributed by atoms with Crippen LogP contribution in [0.15, 0.2) is 30.3 Å². The summed E-state index contributed by atoms with van der Waals surface area (Å²) >= 11 is 0. The Hall–Kier alpha value is -1.72. The monoisotopic (exact) mass is 336 g/mol. The molecule has 0 saturated carbocycles. The van der Waals surface area contributed by atoms with E-state index in [1.807, 2.05) is 13.0 Å². The third-order valence-electron chi connectivity index (χ3n) is 3.63. The molecule has 1 aromatic rings. The number of ketones is 1. The van der Waals surface area contributed by atoms with Crippen LogP contribution in [0.25, 0.3) is 0 Å². The molecule has 1 heterocycles. The Morgan fingerprint density at radius 1 is 1.29 bits per heavy atom. The standard InChI is InChI=1S/C15H20O3.C4H8O2/c1-12-9-14(10-13-5-3-2-4-6-13)11-17-8-7-15(16)18-12;1-4(6)2-3-5/h2-6,12,14H,7-11H2,1H3;5H,2-3H2,1H3. The van der Waals surface area contributed by atoms with Crippen LogP contribution >= 0.6 is 0 Å². The van der Waals surface area contributed by atoms with Gasteiger partial charge in [-0.25, -0.2) is 0 Å². The Kier molecular flexibility index (Phi) is 9.96. The molecule has 24 heavy (non-hydrogen) atoms. The number of cyclic esters (lactones) is 1. The molecule has 5 nitrogen and oxygen atoms in total. The second-order valence-electron chi connectivity index (χ2n) is 6.09. The molecule has 1 N–H and O–H groups in total. The molecule has 1 aromatic carbocycles. The number of Topliss-reactive ketones (excluding diaryl/α,β-unsaturated/α-hetero) is 1. The van der Waals surface area contributed by atoms with Crippen molar-refractivity contribution in [1.82, 2.24) is 0 Å². The molecule has 5 heteroatoms. The minimum Gasteiger partial charge on any atom is -0.463 e. The number of carbonyl (C=O) groups excluding carboxylic acids is 2. The number of hydrogen-bond donors (Lipinski definition) is 1. The van der Waals surface area contributed by atoms with Crippen molar-refractivity contribution < 1.29 is 24.2 Å². The molecule has 2 unspecified atom stereocenters. The van der Waals surface area contributed by atoms with Crippen molar-refractivity contribution in [2.45, 2.75) is 45.6 Å². The lowest BCUT2D eigenvalue weighted by Gasteiger charge is -2.19. The first kappa shape index (κ1) is 20.3. The fraction of sp³-hybridized carbons (Fsp3) is 0.579. The Morgan fingerprint density at radius 3 is 2.58 bits per heavy atom. The predicted octanol–water partition coefficient (Wildman–Crippen LogP) is 2.55. The Bertz CT molecular complexity index is 486. The van der Waals surface area contributed by atoms with Crippen molar-refractivity contribution in [3.8, 4) is 0 Å². The van der Waals surface area contributed by atoms with Crippen LogP contribution in [0, 0.1) is 5.92 Å². The van der Waals surface area contributed by atoms with Gasteiger partial charge in [-0.15, -0.1) is 0 Å². The number of esters is 1. The summed E-state index contributed by atoms with van der Waals surface area (Å²) in [6.45, 7) is 4.57. The van der Waals surface area contributed by atoms with E-state index in [2.05, 4.69) is 24.3 Å². The van der Waals surface area contributed by atoms with Gasteiger partial charge in [0.15, 0.2) is 0 Å². The molecule has 0 bridgehead atoms. The second kappa shape index (κ2) is 11.8. The molecule has 2 rings (SSSR count). The molecule has 0 amide bonds. The van der Waals surface area contributed by atoms with E-state index < -0.39 is 0 Å². The van der Waals surface area contributed by atoms with Crippen molar-refractivity contribution in [2.24, 2.45) is 5.92 Å². The highest BCUT2D eigenvalue weighted by Gasteiger charge is 2.19. The SMILES string of the molecule is CC(=O)CCO.CC1CC(Cc2ccccc2)COCCC(=O)O1. The summed E-state index contributed by atoms with van der Waals surface area (Å²) in [6, 6.07) is 10.4. The van der Waals surface area contributed by atoms with Gasteiger partial charge in [0.1, 0.15) is 5.78 Å². The van der Waals surface area contributed by atoms with Gasteiger partial charge in [0.05, 0.1) is 19.1 Å². The summed E-state index contributed by atoms with van der Waals surface area (Å²) in [5, 5.41) is 8.02. The van der Waals surface area contributed by atoms with Crippen molar-refractivity contribution in [2.75, 3.05) is 19.8 Å². The fourth-order valence-electron chi connectivity index (χ4n) is 2.52. The van der Waals surface area contributed by atoms with Gasteiger partial charge in [-0.3, -0.25) is 9.59 Å². The van der Waals surface area contributed by atoms with E-state index in [9.17, 15) is 9.59 Å². The Morgan fingerprint density at radius 2 is 2.00 bits per heavy atom. The number of aliphatic hydroxyl groups excluding tert-OH is 1. The maximum Gasteiger partial charge on any atom is 0.308 e. The van der Waals surface area contributed by atoms with Gasteiger partial charge in [-0.2, -0.15) is 0 Å². The van der Waals surface area contributed by atoms with E-state index in [0.717, 1.165) is 12.8 Å². The van der Waals surface area contributed by atoms with Crippen LogP contribution in [0.3, 0.4) is 0 Å². The number of rotatable bonds is 4. The molecule has 0 aliphatic carbocycles. The quantitative estimate of drug-likeness (QED) is 0.856. The van der Waals surface area contributed by atoms with Crippen LogP contribution in [0.5, 0.6) is 0 Å². The van der Waals surface area contributed by atoms with E-state index in [0.29, 0.717) is 32.0 Å². The minimum absolute atomic E-state index is 0.0185. The van der Waals surface area contributed by atoms with Gasteiger partial charge in [0.2, 0.25) is 0 Å². The lowest BCUT2D eigenvalue weighted by molar-refractivity contribution is -0.148. The zero-order chi connectivity index (χ0) is 17.8. The number of hydrogen-bond acceptors (Lipinski definition) is 5. The van der Waals surface area contributed by atoms with E-state index in [-0.39, 0.29) is 24.5 Å². The lowest BCUT2D eigenvalue weighted by Crippen LogP contribution is -2.20. The molecule has 0 radical (unpaired) electrons. The molecule has 0 spiro atoms.